The SMILES string of the molecule is CCCC(C)(O)CNC1CCCC(C)C1C. The lowest BCUT2D eigenvalue weighted by atomic mass is 9.78. The third kappa shape index (κ3) is 4.06. The van der Waals surface area contributed by atoms with Gasteiger partial charge in [-0.3, -0.25) is 0 Å². The smallest absolute Gasteiger partial charge is 0.0743 e. The van der Waals surface area contributed by atoms with E-state index in [0.29, 0.717) is 6.04 Å². The lowest BCUT2D eigenvalue weighted by Crippen LogP contribution is -2.47. The standard InChI is InChI=1S/C14H29NO/c1-5-9-14(4,16)10-15-13-8-6-7-11(2)12(13)3/h11-13,15-16H,5-10H2,1-4H3. The summed E-state index contributed by atoms with van der Waals surface area (Å²) in [7, 11) is 0. The highest BCUT2D eigenvalue weighted by Gasteiger charge is 2.28. The van der Waals surface area contributed by atoms with Crippen LogP contribution in [0.15, 0.2) is 0 Å². The van der Waals surface area contributed by atoms with Crippen LogP contribution in [0.3, 0.4) is 0 Å². The quantitative estimate of drug-likeness (QED) is 0.757. The van der Waals surface area contributed by atoms with Crippen molar-refractivity contribution in [3.63, 3.8) is 0 Å². The molecule has 1 rings (SSSR count). The largest absolute Gasteiger partial charge is 0.389 e. The van der Waals surface area contributed by atoms with Crippen molar-refractivity contribution in [3.8, 4) is 0 Å². The zero-order chi connectivity index (χ0) is 12.2. The van der Waals surface area contributed by atoms with Crippen LogP contribution in [0.25, 0.3) is 0 Å². The van der Waals surface area contributed by atoms with Gasteiger partial charge in [-0.15, -0.1) is 0 Å². The average molecular weight is 227 g/mol. The first-order chi connectivity index (χ1) is 7.46. The predicted octanol–water partition coefficient (Wildman–Crippen LogP) is 2.95. The molecule has 1 aliphatic carbocycles. The van der Waals surface area contributed by atoms with Gasteiger partial charge in [-0.2, -0.15) is 0 Å². The summed E-state index contributed by atoms with van der Waals surface area (Å²) in [5, 5.41) is 13.7. The summed E-state index contributed by atoms with van der Waals surface area (Å²) in [6, 6.07) is 0.604. The van der Waals surface area contributed by atoms with Crippen LogP contribution in [0.5, 0.6) is 0 Å². The molecule has 1 fully saturated rings. The Morgan fingerprint density at radius 2 is 2.00 bits per heavy atom. The first kappa shape index (κ1) is 14.0. The van der Waals surface area contributed by atoms with E-state index in [-0.39, 0.29) is 0 Å². The summed E-state index contributed by atoms with van der Waals surface area (Å²) in [4.78, 5) is 0. The lowest BCUT2D eigenvalue weighted by Gasteiger charge is -2.36. The Morgan fingerprint density at radius 3 is 2.62 bits per heavy atom. The van der Waals surface area contributed by atoms with Gasteiger partial charge in [-0.1, -0.05) is 40.0 Å². The summed E-state index contributed by atoms with van der Waals surface area (Å²) in [6.45, 7) is 9.50. The summed E-state index contributed by atoms with van der Waals surface area (Å²) in [5.74, 6) is 1.56. The van der Waals surface area contributed by atoms with Gasteiger partial charge in [-0.25, -0.2) is 0 Å². The van der Waals surface area contributed by atoms with E-state index in [4.69, 9.17) is 0 Å². The van der Waals surface area contributed by atoms with Gasteiger partial charge >= 0.3 is 0 Å². The van der Waals surface area contributed by atoms with Crippen molar-refractivity contribution in [2.24, 2.45) is 11.8 Å². The van der Waals surface area contributed by atoms with Crippen molar-refractivity contribution in [3.05, 3.63) is 0 Å². The third-order valence-electron chi connectivity index (χ3n) is 4.24. The molecule has 0 amide bonds. The summed E-state index contributed by atoms with van der Waals surface area (Å²) >= 11 is 0. The van der Waals surface area contributed by atoms with Crippen molar-refractivity contribution in [2.45, 2.75) is 71.4 Å². The van der Waals surface area contributed by atoms with Crippen LogP contribution in [0.1, 0.15) is 59.8 Å². The topological polar surface area (TPSA) is 32.3 Å². The van der Waals surface area contributed by atoms with E-state index < -0.39 is 5.60 Å². The van der Waals surface area contributed by atoms with Crippen LogP contribution in [-0.4, -0.2) is 23.3 Å². The monoisotopic (exact) mass is 227 g/mol. The minimum absolute atomic E-state index is 0.533. The maximum absolute atomic E-state index is 10.1. The number of hydrogen-bond acceptors (Lipinski definition) is 2. The maximum atomic E-state index is 10.1. The van der Waals surface area contributed by atoms with Crippen molar-refractivity contribution < 1.29 is 5.11 Å². The molecule has 0 aliphatic heterocycles. The molecule has 0 radical (unpaired) electrons. The Balaban J connectivity index is 2.36. The molecule has 16 heavy (non-hydrogen) atoms. The second-order valence-electron chi connectivity index (χ2n) is 6.00. The Hall–Kier alpha value is -0.0800. The van der Waals surface area contributed by atoms with E-state index in [2.05, 4.69) is 26.1 Å². The fourth-order valence-corrected chi connectivity index (χ4v) is 2.85. The highest BCUT2D eigenvalue weighted by Crippen LogP contribution is 2.29. The van der Waals surface area contributed by atoms with Crippen LogP contribution >= 0.6 is 0 Å². The van der Waals surface area contributed by atoms with Gasteiger partial charge in [-0.05, 0) is 31.6 Å². The van der Waals surface area contributed by atoms with Crippen molar-refractivity contribution in [1.29, 1.82) is 0 Å². The molecule has 4 unspecified atom stereocenters. The van der Waals surface area contributed by atoms with Gasteiger partial charge in [0.25, 0.3) is 0 Å². The Morgan fingerprint density at radius 1 is 1.31 bits per heavy atom. The molecule has 96 valence electrons. The first-order valence-electron chi connectivity index (χ1n) is 6.92. The number of hydrogen-bond donors (Lipinski definition) is 2. The van der Waals surface area contributed by atoms with E-state index in [1.54, 1.807) is 0 Å². The Kier molecular flexibility index (Phi) is 5.26. The molecule has 0 aromatic rings. The zero-order valence-corrected chi connectivity index (χ0v) is 11.4. The Labute approximate surface area is 101 Å². The molecule has 1 saturated carbocycles. The maximum Gasteiger partial charge on any atom is 0.0743 e. The van der Waals surface area contributed by atoms with Gasteiger partial charge in [0.1, 0.15) is 0 Å². The average Bonchev–Trinajstić information content (AvgIpc) is 2.20. The second kappa shape index (κ2) is 6.02. The van der Waals surface area contributed by atoms with Gasteiger partial charge < -0.3 is 10.4 Å². The Bertz CT molecular complexity index is 203. The molecule has 0 spiro atoms. The zero-order valence-electron chi connectivity index (χ0n) is 11.4. The van der Waals surface area contributed by atoms with Gasteiger partial charge in [0.2, 0.25) is 0 Å². The molecular formula is C14H29NO. The predicted molar refractivity (Wildman–Crippen MR) is 69.5 cm³/mol. The molecule has 1 aliphatic rings. The molecule has 0 aromatic heterocycles. The van der Waals surface area contributed by atoms with Crippen LogP contribution in [-0.2, 0) is 0 Å². The van der Waals surface area contributed by atoms with Gasteiger partial charge in [0, 0.05) is 12.6 Å². The summed E-state index contributed by atoms with van der Waals surface area (Å²) in [6.07, 6.45) is 5.90. The van der Waals surface area contributed by atoms with E-state index >= 15 is 0 Å². The molecule has 0 heterocycles. The van der Waals surface area contributed by atoms with Crippen LogP contribution in [0.4, 0.5) is 0 Å². The normalized spacial score (nSPS) is 34.7. The van der Waals surface area contributed by atoms with E-state index in [1.165, 1.54) is 19.3 Å². The first-order valence-corrected chi connectivity index (χ1v) is 6.92. The fourth-order valence-electron chi connectivity index (χ4n) is 2.85. The molecular weight excluding hydrogens is 198 g/mol. The van der Waals surface area contributed by atoms with Gasteiger partial charge in [0.05, 0.1) is 5.60 Å². The summed E-state index contributed by atoms with van der Waals surface area (Å²) < 4.78 is 0. The molecule has 2 heteroatoms. The van der Waals surface area contributed by atoms with E-state index in [0.717, 1.165) is 31.2 Å². The fraction of sp³-hybridized carbons (Fsp3) is 1.00. The minimum Gasteiger partial charge on any atom is -0.389 e. The molecule has 0 saturated heterocycles. The minimum atomic E-state index is -0.533. The second-order valence-corrected chi connectivity index (χ2v) is 6.00. The highest BCUT2D eigenvalue weighted by atomic mass is 16.3. The molecule has 2 N–H and O–H groups in total. The van der Waals surface area contributed by atoms with Crippen molar-refractivity contribution in [2.75, 3.05) is 6.54 Å². The van der Waals surface area contributed by atoms with Crippen molar-refractivity contribution in [1.82, 2.24) is 5.32 Å². The van der Waals surface area contributed by atoms with Crippen molar-refractivity contribution >= 4 is 0 Å². The van der Waals surface area contributed by atoms with Gasteiger partial charge in [0.15, 0.2) is 0 Å². The van der Waals surface area contributed by atoms with E-state index in [9.17, 15) is 5.11 Å². The van der Waals surface area contributed by atoms with E-state index in [1.807, 2.05) is 6.92 Å². The van der Waals surface area contributed by atoms with Crippen LogP contribution < -0.4 is 5.32 Å². The third-order valence-corrected chi connectivity index (χ3v) is 4.24. The molecule has 4 atom stereocenters. The summed E-state index contributed by atoms with van der Waals surface area (Å²) in [5.41, 5.74) is -0.533. The van der Waals surface area contributed by atoms with Crippen LogP contribution in [0.2, 0.25) is 0 Å². The van der Waals surface area contributed by atoms with Crippen LogP contribution in [0, 0.1) is 11.8 Å². The lowest BCUT2D eigenvalue weighted by molar-refractivity contribution is 0.0410. The highest BCUT2D eigenvalue weighted by molar-refractivity contribution is 4.85. The number of nitrogens with one attached hydrogen (secondary N) is 1. The number of rotatable bonds is 5. The molecule has 2 nitrogen and oxygen atoms in total. The molecule has 0 aromatic carbocycles. The number of aliphatic hydroxyl groups is 1. The molecule has 0 bridgehead atoms.